The van der Waals surface area contributed by atoms with Gasteiger partial charge in [-0.05, 0) is 49.9 Å². The maximum atomic E-state index is 14.2. The van der Waals surface area contributed by atoms with Gasteiger partial charge in [0.15, 0.2) is 5.96 Å². The fraction of sp³-hybridized carbons (Fsp3) is 0.721. The average Bonchev–Trinajstić information content (AvgIpc) is 3.80. The van der Waals surface area contributed by atoms with Crippen LogP contribution in [0.2, 0.25) is 0 Å². The number of aliphatic imine (C=N–C) groups is 1. The Morgan fingerprint density at radius 2 is 1.21 bits per heavy atom. The van der Waals surface area contributed by atoms with Crippen LogP contribution in [0.25, 0.3) is 0 Å². The van der Waals surface area contributed by atoms with Crippen molar-refractivity contribution in [2.45, 2.75) is 148 Å². The summed E-state index contributed by atoms with van der Waals surface area (Å²) in [5.74, 6) is -10.5. The number of nitrogens with two attached hydrogens (primary N) is 4. The molecular weight excluding hydrogens is 937 g/mol. The molecule has 70 heavy (non-hydrogen) atoms. The van der Waals surface area contributed by atoms with Crippen molar-refractivity contribution in [3.8, 4) is 0 Å². The summed E-state index contributed by atoms with van der Waals surface area (Å²) in [6.45, 7) is 10.1. The molecule has 0 radical (unpaired) electrons. The third-order valence-corrected chi connectivity index (χ3v) is 12.1. The van der Waals surface area contributed by atoms with Crippen molar-refractivity contribution in [2.75, 3.05) is 32.0 Å². The predicted molar refractivity (Wildman–Crippen MR) is 259 cm³/mol. The zero-order valence-electron chi connectivity index (χ0n) is 41.1. The highest BCUT2D eigenvalue weighted by Crippen LogP contribution is 2.21. The van der Waals surface area contributed by atoms with E-state index in [0.29, 0.717) is 19.3 Å². The van der Waals surface area contributed by atoms with Crippen LogP contribution in [0.15, 0.2) is 4.99 Å². The average molecular weight is 1010 g/mol. The van der Waals surface area contributed by atoms with E-state index in [1.165, 1.54) is 11.8 Å². The first-order valence-electron chi connectivity index (χ1n) is 23.3. The van der Waals surface area contributed by atoms with Crippen LogP contribution in [-0.4, -0.2) is 161 Å². The second kappa shape index (κ2) is 31.1. The van der Waals surface area contributed by atoms with Gasteiger partial charge < -0.3 is 75.5 Å². The minimum absolute atomic E-state index is 0.0180. The van der Waals surface area contributed by atoms with Crippen molar-refractivity contribution in [3.63, 3.8) is 0 Å². The van der Waals surface area contributed by atoms with Crippen molar-refractivity contribution < 1.29 is 57.8 Å². The Labute approximate surface area is 413 Å². The molecule has 0 aromatic rings. The summed E-state index contributed by atoms with van der Waals surface area (Å²) >= 11 is 4.06. The van der Waals surface area contributed by atoms with Crippen molar-refractivity contribution in [3.05, 3.63) is 0 Å². The Hall–Kier alpha value is -6.25. The molecule has 1 heterocycles. The number of aliphatic hydroxyl groups excluding tert-OH is 1. The summed E-state index contributed by atoms with van der Waals surface area (Å²) in [5, 5.41) is 30.4. The van der Waals surface area contributed by atoms with Crippen molar-refractivity contribution in [1.82, 2.24) is 47.4 Å². The van der Waals surface area contributed by atoms with Gasteiger partial charge in [-0.15, -0.1) is 0 Å². The second-order valence-corrected chi connectivity index (χ2v) is 18.0. The molecule has 10 atom stereocenters. The Bertz CT molecular complexity index is 1890. The molecule has 396 valence electrons. The number of carbonyl (C=O) groups is 11. The first-order valence-corrected chi connectivity index (χ1v) is 24.0. The molecule has 1 aliphatic rings. The number of thiol groups is 1. The summed E-state index contributed by atoms with van der Waals surface area (Å²) in [5.41, 5.74) is 21.7. The molecule has 1 fully saturated rings. The Morgan fingerprint density at radius 1 is 0.686 bits per heavy atom. The highest BCUT2D eigenvalue weighted by molar-refractivity contribution is 7.80. The maximum absolute atomic E-state index is 14.2. The van der Waals surface area contributed by atoms with E-state index in [1.807, 2.05) is 0 Å². The molecule has 0 saturated carbocycles. The zero-order chi connectivity index (χ0) is 53.4. The minimum Gasteiger partial charge on any atom is -0.394 e. The Kier molecular flexibility index (Phi) is 27.4. The first kappa shape index (κ1) is 61.8. The fourth-order valence-corrected chi connectivity index (χ4v) is 7.42. The molecule has 0 unspecified atom stereocenters. The maximum Gasteiger partial charge on any atom is 0.245 e. The lowest BCUT2D eigenvalue weighted by Crippen LogP contribution is -2.62. The number of amides is 11. The number of nitrogens with zero attached hydrogens (tertiary/aromatic N) is 2. The van der Waals surface area contributed by atoms with E-state index in [1.54, 1.807) is 41.5 Å². The number of guanidine groups is 1. The highest BCUT2D eigenvalue weighted by Gasteiger charge is 2.40. The second-order valence-electron chi connectivity index (χ2n) is 17.6. The quantitative estimate of drug-likeness (QED) is 0.0134. The summed E-state index contributed by atoms with van der Waals surface area (Å²) in [4.78, 5) is 149. The first-order chi connectivity index (χ1) is 32.8. The Balaban J connectivity index is 3.43. The molecule has 1 aliphatic heterocycles. The van der Waals surface area contributed by atoms with Gasteiger partial charge in [0, 0.05) is 32.2 Å². The standard InChI is InChI=1S/C43H76N14O12S/c1-8-22(5)33(40(67)51-26(12-10-16-48-43(46)47)42(69)57-17-11-13-29(57)38(65)53-28(20-70)35(45)62)55-36(63)25(14-15-30(44)60)50-37(64)27(19-58)52-41(68)34(23(6)9-2)56-39(66)32(21(3)4)54-31(61)18-49-24(7)59/h21-23,25-29,32-34,58,70H,8-20H2,1-7H3,(H2,44,60)(H2,45,62)(H,49,59)(H,50,64)(H,51,67)(H,52,68)(H,53,65)(H,54,61)(H,55,63)(H,56,66)(H4,46,47,48)/t22-,23+,25-,26-,27-,28-,29-,32-,33-,34-/m0/s1. The molecule has 0 aromatic carbocycles. The van der Waals surface area contributed by atoms with Gasteiger partial charge in [0.2, 0.25) is 65.0 Å². The van der Waals surface area contributed by atoms with E-state index in [4.69, 9.17) is 22.9 Å². The van der Waals surface area contributed by atoms with Crippen LogP contribution in [-0.2, 0) is 52.7 Å². The van der Waals surface area contributed by atoms with Gasteiger partial charge in [0.1, 0.15) is 48.3 Å². The lowest BCUT2D eigenvalue weighted by Gasteiger charge is -2.32. The number of aliphatic hydroxyl groups is 1. The minimum atomic E-state index is -1.71. The molecule has 17 N–H and O–H groups in total. The van der Waals surface area contributed by atoms with E-state index in [-0.39, 0.29) is 44.1 Å². The number of rotatable bonds is 31. The summed E-state index contributed by atoms with van der Waals surface area (Å²) in [6, 6.07) is -10.5. The number of likely N-dealkylation sites (tertiary alicyclic amines) is 1. The molecule has 11 amide bonds. The van der Waals surface area contributed by atoms with E-state index in [9.17, 15) is 57.8 Å². The number of hydrogen-bond acceptors (Lipinski definition) is 14. The van der Waals surface area contributed by atoms with Crippen molar-refractivity contribution in [2.24, 2.45) is 45.7 Å². The van der Waals surface area contributed by atoms with Gasteiger partial charge in [-0.25, -0.2) is 0 Å². The highest BCUT2D eigenvalue weighted by atomic mass is 32.1. The molecule has 0 aromatic heterocycles. The Morgan fingerprint density at radius 3 is 1.70 bits per heavy atom. The number of hydrogen-bond donors (Lipinski definition) is 14. The molecule has 0 spiro atoms. The summed E-state index contributed by atoms with van der Waals surface area (Å²) in [6.07, 6.45) is 0.682. The molecule has 1 saturated heterocycles. The van der Waals surface area contributed by atoms with Gasteiger partial charge in [-0.2, -0.15) is 12.6 Å². The third kappa shape index (κ3) is 20.8. The lowest BCUT2D eigenvalue weighted by atomic mass is 9.96. The molecular formula is C43H76N14O12S. The molecule has 0 bridgehead atoms. The number of primary amides is 2. The van der Waals surface area contributed by atoms with Gasteiger partial charge in [-0.3, -0.25) is 57.7 Å². The van der Waals surface area contributed by atoms with Crippen molar-refractivity contribution >= 4 is 83.6 Å². The normalized spacial score (nSPS) is 17.1. The van der Waals surface area contributed by atoms with E-state index >= 15 is 0 Å². The molecule has 0 aliphatic carbocycles. The van der Waals surface area contributed by atoms with E-state index in [0.717, 1.165) is 0 Å². The van der Waals surface area contributed by atoms with Crippen LogP contribution in [0.3, 0.4) is 0 Å². The van der Waals surface area contributed by atoms with Crippen LogP contribution >= 0.6 is 12.6 Å². The number of nitrogens with one attached hydrogen (secondary N) is 8. The summed E-state index contributed by atoms with van der Waals surface area (Å²) in [7, 11) is 0. The van der Waals surface area contributed by atoms with Crippen molar-refractivity contribution in [1.29, 1.82) is 0 Å². The zero-order valence-corrected chi connectivity index (χ0v) is 42.0. The monoisotopic (exact) mass is 1010 g/mol. The lowest BCUT2D eigenvalue weighted by molar-refractivity contribution is -0.142. The molecule has 1 rings (SSSR count). The third-order valence-electron chi connectivity index (χ3n) is 11.7. The summed E-state index contributed by atoms with van der Waals surface area (Å²) < 4.78 is 0. The van der Waals surface area contributed by atoms with Crippen LogP contribution in [0.4, 0.5) is 0 Å². The van der Waals surface area contributed by atoms with Crippen LogP contribution < -0.4 is 65.5 Å². The SMILES string of the molecule is CC[C@@H](C)[C@H](NC(=O)[C@@H](NC(=O)CNC(C)=O)C(C)C)C(=O)N[C@@H](CO)C(=O)N[C@@H](CCC(N)=O)C(=O)N[C@H](C(=O)N[C@@H](CCCN=C(N)N)C(=O)N1CCC[C@H]1C(=O)N[C@@H](CS)C(N)=O)[C@@H](C)CC. The van der Waals surface area contributed by atoms with Crippen LogP contribution in [0.1, 0.15) is 99.8 Å². The van der Waals surface area contributed by atoms with E-state index < -0.39 is 157 Å². The molecule has 27 heteroatoms. The predicted octanol–water partition coefficient (Wildman–Crippen LogP) is -5.02. The van der Waals surface area contributed by atoms with Gasteiger partial charge >= 0.3 is 0 Å². The van der Waals surface area contributed by atoms with Crippen LogP contribution in [0.5, 0.6) is 0 Å². The van der Waals surface area contributed by atoms with Gasteiger partial charge in [0.25, 0.3) is 0 Å². The van der Waals surface area contributed by atoms with Crippen LogP contribution in [0, 0.1) is 17.8 Å². The smallest absolute Gasteiger partial charge is 0.245 e. The van der Waals surface area contributed by atoms with Gasteiger partial charge in [0.05, 0.1) is 13.2 Å². The largest absolute Gasteiger partial charge is 0.394 e. The number of carbonyl (C=O) groups excluding carboxylic acids is 11. The topological polar surface area (TPSA) is 424 Å². The fourth-order valence-electron chi connectivity index (χ4n) is 7.15. The van der Waals surface area contributed by atoms with Gasteiger partial charge in [-0.1, -0.05) is 54.4 Å². The molecule has 26 nitrogen and oxygen atoms in total. The van der Waals surface area contributed by atoms with E-state index in [2.05, 4.69) is 60.2 Å².